The van der Waals surface area contributed by atoms with Crippen molar-refractivity contribution in [1.29, 1.82) is 0 Å². The van der Waals surface area contributed by atoms with Gasteiger partial charge < -0.3 is 19.9 Å². The number of esters is 1. The Labute approximate surface area is 170 Å². The Morgan fingerprint density at radius 3 is 2.59 bits per heavy atom. The Bertz CT molecular complexity index is 746. The number of anilines is 1. The molecule has 0 heterocycles. The first-order valence-corrected chi connectivity index (χ1v) is 9.55. The van der Waals surface area contributed by atoms with Gasteiger partial charge in [0.15, 0.2) is 0 Å². The highest BCUT2D eigenvalue weighted by molar-refractivity contribution is 5.86. The number of hydrogen-bond acceptors (Lipinski definition) is 6. The molecule has 0 spiro atoms. The van der Waals surface area contributed by atoms with Crippen molar-refractivity contribution in [2.24, 2.45) is 5.41 Å². The van der Waals surface area contributed by atoms with Crippen LogP contribution in [0.2, 0.25) is 0 Å². The molecule has 2 amide bonds. The number of carbonyl (C=O) groups is 3. The summed E-state index contributed by atoms with van der Waals surface area (Å²) in [5, 5.41) is 14.3. The molecule has 1 aliphatic carbocycles. The molecule has 1 aromatic rings. The van der Waals surface area contributed by atoms with Crippen LogP contribution in [0.25, 0.3) is 0 Å². The van der Waals surface area contributed by atoms with Crippen molar-refractivity contribution >= 4 is 23.7 Å². The predicted octanol–water partition coefficient (Wildman–Crippen LogP) is 2.52. The van der Waals surface area contributed by atoms with E-state index in [1.807, 2.05) is 19.1 Å². The normalized spacial score (nSPS) is 22.5. The first kappa shape index (κ1) is 22.4. The summed E-state index contributed by atoms with van der Waals surface area (Å²) < 4.78 is 10.0. The van der Waals surface area contributed by atoms with Gasteiger partial charge in [0.05, 0.1) is 13.7 Å². The van der Waals surface area contributed by atoms with Crippen LogP contribution in [0.4, 0.5) is 10.5 Å². The monoisotopic (exact) mass is 404 g/mol. The van der Waals surface area contributed by atoms with Crippen molar-refractivity contribution < 1.29 is 29.0 Å². The summed E-state index contributed by atoms with van der Waals surface area (Å²) in [5.41, 5.74) is 0.641. The number of aliphatic hydroxyl groups excluding tert-OH is 1. The molecule has 29 heavy (non-hydrogen) atoms. The first-order valence-electron chi connectivity index (χ1n) is 9.55. The third kappa shape index (κ3) is 6.90. The fraction of sp³-hybridized carbons (Fsp3) is 0.476. The molecule has 3 N–H and O–H groups in total. The molecule has 0 saturated carbocycles. The Kier molecular flexibility index (Phi) is 8.21. The number of hydrogen-bond donors (Lipinski definition) is 3. The lowest BCUT2D eigenvalue weighted by atomic mass is 9.78. The van der Waals surface area contributed by atoms with E-state index in [0.717, 1.165) is 5.56 Å². The minimum Gasteiger partial charge on any atom is -0.468 e. The molecule has 1 aliphatic rings. The van der Waals surface area contributed by atoms with Crippen molar-refractivity contribution in [2.45, 2.75) is 45.3 Å². The zero-order valence-corrected chi connectivity index (χ0v) is 16.8. The van der Waals surface area contributed by atoms with E-state index in [1.54, 1.807) is 24.3 Å². The standard InChI is InChI=1S/C21H28N2O6/c1-21(19(26)22-13-18(25)28-2)11-4-3-5-17(10-12-21)29-20(27)23-16-8-6-15(14-24)7-9-16/h3,5-9,17,24H,4,10-14H2,1-2H3,(H,22,26)(H,23,27)/b5-3-/t17-,21+/m0/s1. The Balaban J connectivity index is 1.90. The van der Waals surface area contributed by atoms with E-state index in [1.165, 1.54) is 7.11 Å². The Morgan fingerprint density at radius 2 is 1.93 bits per heavy atom. The summed E-state index contributed by atoms with van der Waals surface area (Å²) in [6, 6.07) is 6.79. The second-order valence-electron chi connectivity index (χ2n) is 7.25. The molecule has 1 aromatic carbocycles. The number of allylic oxidation sites excluding steroid dienone is 1. The van der Waals surface area contributed by atoms with Gasteiger partial charge in [-0.05, 0) is 49.5 Å². The minimum absolute atomic E-state index is 0.0659. The molecule has 0 fully saturated rings. The number of amides is 2. The highest BCUT2D eigenvalue weighted by Gasteiger charge is 2.34. The van der Waals surface area contributed by atoms with E-state index in [-0.39, 0.29) is 19.1 Å². The maximum atomic E-state index is 12.5. The van der Waals surface area contributed by atoms with Gasteiger partial charge >= 0.3 is 12.1 Å². The van der Waals surface area contributed by atoms with Gasteiger partial charge in [-0.2, -0.15) is 0 Å². The van der Waals surface area contributed by atoms with Crippen LogP contribution < -0.4 is 10.6 Å². The topological polar surface area (TPSA) is 114 Å². The lowest BCUT2D eigenvalue weighted by molar-refractivity contribution is -0.142. The van der Waals surface area contributed by atoms with Crippen LogP contribution in [-0.2, 0) is 25.7 Å². The lowest BCUT2D eigenvalue weighted by Crippen LogP contribution is -2.42. The predicted molar refractivity (Wildman–Crippen MR) is 107 cm³/mol. The average Bonchev–Trinajstić information content (AvgIpc) is 2.71. The van der Waals surface area contributed by atoms with Gasteiger partial charge in [0.25, 0.3) is 0 Å². The highest BCUT2D eigenvalue weighted by Crippen LogP contribution is 2.33. The second-order valence-corrected chi connectivity index (χ2v) is 7.25. The number of nitrogens with one attached hydrogen (secondary N) is 2. The van der Waals surface area contributed by atoms with E-state index in [9.17, 15) is 14.4 Å². The Morgan fingerprint density at radius 1 is 1.21 bits per heavy atom. The molecule has 0 unspecified atom stereocenters. The first-order chi connectivity index (χ1) is 13.9. The molecule has 0 bridgehead atoms. The van der Waals surface area contributed by atoms with Crippen LogP contribution >= 0.6 is 0 Å². The van der Waals surface area contributed by atoms with Gasteiger partial charge in [0, 0.05) is 11.1 Å². The smallest absolute Gasteiger partial charge is 0.412 e. The van der Waals surface area contributed by atoms with Crippen molar-refractivity contribution in [3.8, 4) is 0 Å². The minimum atomic E-state index is -0.670. The van der Waals surface area contributed by atoms with Crippen LogP contribution in [0, 0.1) is 5.41 Å². The van der Waals surface area contributed by atoms with Crippen LogP contribution in [0.1, 0.15) is 38.2 Å². The van der Waals surface area contributed by atoms with Gasteiger partial charge in [0.2, 0.25) is 5.91 Å². The van der Waals surface area contributed by atoms with Gasteiger partial charge in [-0.3, -0.25) is 14.9 Å². The van der Waals surface area contributed by atoms with Crippen molar-refractivity contribution in [1.82, 2.24) is 5.32 Å². The number of rotatable bonds is 6. The number of ether oxygens (including phenoxy) is 2. The zero-order chi connectivity index (χ0) is 21.3. The van der Waals surface area contributed by atoms with Crippen LogP contribution in [0.15, 0.2) is 36.4 Å². The average molecular weight is 404 g/mol. The van der Waals surface area contributed by atoms with Crippen molar-refractivity contribution in [2.75, 3.05) is 19.0 Å². The van der Waals surface area contributed by atoms with E-state index in [2.05, 4.69) is 15.4 Å². The van der Waals surface area contributed by atoms with E-state index < -0.39 is 23.6 Å². The van der Waals surface area contributed by atoms with Crippen molar-refractivity contribution in [3.63, 3.8) is 0 Å². The van der Waals surface area contributed by atoms with Crippen LogP contribution in [0.5, 0.6) is 0 Å². The third-order valence-electron chi connectivity index (χ3n) is 5.00. The molecule has 8 nitrogen and oxygen atoms in total. The lowest BCUT2D eigenvalue weighted by Gasteiger charge is -2.30. The zero-order valence-electron chi connectivity index (χ0n) is 16.8. The van der Waals surface area contributed by atoms with E-state index in [0.29, 0.717) is 31.4 Å². The number of benzene rings is 1. The summed E-state index contributed by atoms with van der Waals surface area (Å²) in [4.78, 5) is 36.0. The van der Waals surface area contributed by atoms with E-state index in [4.69, 9.17) is 9.84 Å². The number of carbonyl (C=O) groups excluding carboxylic acids is 3. The maximum absolute atomic E-state index is 12.5. The molecule has 2 rings (SSSR count). The molecule has 158 valence electrons. The highest BCUT2D eigenvalue weighted by atomic mass is 16.6. The summed E-state index contributed by atoms with van der Waals surface area (Å²) in [6.07, 6.45) is 4.97. The molecule has 0 aliphatic heterocycles. The van der Waals surface area contributed by atoms with Gasteiger partial charge in [-0.1, -0.05) is 25.1 Å². The summed E-state index contributed by atoms with van der Waals surface area (Å²) >= 11 is 0. The fourth-order valence-electron chi connectivity index (χ4n) is 3.07. The van der Waals surface area contributed by atoms with E-state index >= 15 is 0 Å². The fourth-order valence-corrected chi connectivity index (χ4v) is 3.07. The Hall–Kier alpha value is -2.87. The molecule has 2 atom stereocenters. The molecule has 0 saturated heterocycles. The van der Waals surface area contributed by atoms with Crippen molar-refractivity contribution in [3.05, 3.63) is 42.0 Å². The maximum Gasteiger partial charge on any atom is 0.412 e. The molecular formula is C21H28N2O6. The molecule has 8 heteroatoms. The summed E-state index contributed by atoms with van der Waals surface area (Å²) in [5.74, 6) is -0.719. The number of aliphatic hydroxyl groups is 1. The third-order valence-corrected chi connectivity index (χ3v) is 5.00. The molecule has 0 aromatic heterocycles. The molecular weight excluding hydrogens is 376 g/mol. The van der Waals surface area contributed by atoms with Gasteiger partial charge in [-0.25, -0.2) is 4.79 Å². The summed E-state index contributed by atoms with van der Waals surface area (Å²) in [7, 11) is 1.27. The SMILES string of the molecule is COC(=O)CNC(=O)[C@]1(C)CC/C=C\[C@H](OC(=O)Nc2ccc(CO)cc2)CC1. The van der Waals surface area contributed by atoms with Crippen LogP contribution in [-0.4, -0.2) is 42.8 Å². The quantitative estimate of drug-likeness (QED) is 0.496. The van der Waals surface area contributed by atoms with Gasteiger partial charge in [-0.15, -0.1) is 0 Å². The summed E-state index contributed by atoms with van der Waals surface area (Å²) in [6.45, 7) is 1.61. The second kappa shape index (κ2) is 10.6. The van der Waals surface area contributed by atoms with Gasteiger partial charge in [0.1, 0.15) is 12.6 Å². The van der Waals surface area contributed by atoms with Crippen LogP contribution in [0.3, 0.4) is 0 Å². The largest absolute Gasteiger partial charge is 0.468 e. The molecule has 0 radical (unpaired) electrons. The number of methoxy groups -OCH3 is 1.